The molecule has 1 saturated heterocycles. The Labute approximate surface area is 113 Å². The van der Waals surface area contributed by atoms with E-state index in [1.54, 1.807) is 0 Å². The Morgan fingerprint density at radius 3 is 2.83 bits per heavy atom. The quantitative estimate of drug-likeness (QED) is 0.675. The summed E-state index contributed by atoms with van der Waals surface area (Å²) >= 11 is 0. The van der Waals surface area contributed by atoms with Gasteiger partial charge in [-0.05, 0) is 65.1 Å². The fourth-order valence-electron chi connectivity index (χ4n) is 2.53. The molecule has 1 atom stereocenters. The molecule has 1 N–H and O–H groups in total. The highest BCUT2D eigenvalue weighted by atomic mass is 16.5. The van der Waals surface area contributed by atoms with Crippen molar-refractivity contribution in [1.29, 1.82) is 0 Å². The number of rotatable bonds is 8. The van der Waals surface area contributed by atoms with Crippen LogP contribution < -0.4 is 5.32 Å². The van der Waals surface area contributed by atoms with Gasteiger partial charge in [0.1, 0.15) is 0 Å². The molecule has 18 heavy (non-hydrogen) atoms. The van der Waals surface area contributed by atoms with Crippen molar-refractivity contribution in [3.63, 3.8) is 0 Å². The topological polar surface area (TPSA) is 24.5 Å². The first kappa shape index (κ1) is 15.9. The lowest BCUT2D eigenvalue weighted by atomic mass is 9.96. The van der Waals surface area contributed by atoms with E-state index in [1.807, 2.05) is 7.11 Å². The van der Waals surface area contributed by atoms with Crippen LogP contribution in [-0.4, -0.2) is 50.3 Å². The molecule has 1 aliphatic heterocycles. The summed E-state index contributed by atoms with van der Waals surface area (Å²) in [7, 11) is 1.81. The second-order valence-corrected chi connectivity index (χ2v) is 6.23. The Bertz CT molecular complexity index is 219. The molecule has 1 fully saturated rings. The maximum Gasteiger partial charge on any atom is 0.0634 e. The van der Waals surface area contributed by atoms with Crippen LogP contribution in [0.25, 0.3) is 0 Å². The molecule has 0 amide bonds. The van der Waals surface area contributed by atoms with Crippen LogP contribution in [0.15, 0.2) is 0 Å². The zero-order valence-electron chi connectivity index (χ0n) is 12.8. The standard InChI is InChI=1S/C15H32N2O/c1-5-9-16-12-14-7-6-10-17(13-14)11-8-15(2,3)18-4/h14,16H,5-13H2,1-4H3. The van der Waals surface area contributed by atoms with Gasteiger partial charge >= 0.3 is 0 Å². The summed E-state index contributed by atoms with van der Waals surface area (Å²) in [5.74, 6) is 0.843. The highest BCUT2D eigenvalue weighted by molar-refractivity contribution is 4.77. The third-order valence-corrected chi connectivity index (χ3v) is 4.05. The third-order valence-electron chi connectivity index (χ3n) is 4.05. The van der Waals surface area contributed by atoms with E-state index in [0.717, 1.165) is 18.9 Å². The molecule has 3 heteroatoms. The lowest BCUT2D eigenvalue weighted by Crippen LogP contribution is -2.42. The van der Waals surface area contributed by atoms with Crippen LogP contribution in [0.5, 0.6) is 0 Å². The van der Waals surface area contributed by atoms with Crippen molar-refractivity contribution in [2.75, 3.05) is 39.8 Å². The van der Waals surface area contributed by atoms with Gasteiger partial charge in [0.2, 0.25) is 0 Å². The molecule has 1 heterocycles. The Morgan fingerprint density at radius 1 is 1.39 bits per heavy atom. The maximum atomic E-state index is 5.50. The average Bonchev–Trinajstić information content (AvgIpc) is 2.38. The molecule has 0 aromatic carbocycles. The van der Waals surface area contributed by atoms with E-state index < -0.39 is 0 Å². The number of nitrogens with zero attached hydrogens (tertiary/aromatic N) is 1. The van der Waals surface area contributed by atoms with Gasteiger partial charge < -0.3 is 15.0 Å². The number of methoxy groups -OCH3 is 1. The van der Waals surface area contributed by atoms with Gasteiger partial charge in [0.05, 0.1) is 5.60 Å². The molecule has 1 rings (SSSR count). The monoisotopic (exact) mass is 256 g/mol. The molecule has 0 saturated carbocycles. The van der Waals surface area contributed by atoms with Gasteiger partial charge in [-0.3, -0.25) is 0 Å². The van der Waals surface area contributed by atoms with E-state index in [9.17, 15) is 0 Å². The lowest BCUT2D eigenvalue weighted by molar-refractivity contribution is 0.00416. The summed E-state index contributed by atoms with van der Waals surface area (Å²) in [6, 6.07) is 0. The van der Waals surface area contributed by atoms with Crippen molar-refractivity contribution >= 4 is 0 Å². The first-order valence-electron chi connectivity index (χ1n) is 7.55. The minimum absolute atomic E-state index is 0.0212. The smallest absolute Gasteiger partial charge is 0.0634 e. The van der Waals surface area contributed by atoms with Crippen molar-refractivity contribution < 1.29 is 4.74 Å². The van der Waals surface area contributed by atoms with Crippen molar-refractivity contribution in [2.45, 2.75) is 52.1 Å². The molecule has 0 aromatic heterocycles. The fraction of sp³-hybridized carbons (Fsp3) is 1.00. The van der Waals surface area contributed by atoms with Gasteiger partial charge in [-0.2, -0.15) is 0 Å². The van der Waals surface area contributed by atoms with E-state index in [4.69, 9.17) is 4.74 Å². The van der Waals surface area contributed by atoms with Crippen LogP contribution in [-0.2, 0) is 4.74 Å². The van der Waals surface area contributed by atoms with Crippen LogP contribution >= 0.6 is 0 Å². The second-order valence-electron chi connectivity index (χ2n) is 6.23. The maximum absolute atomic E-state index is 5.50. The minimum Gasteiger partial charge on any atom is -0.379 e. The molecular weight excluding hydrogens is 224 g/mol. The van der Waals surface area contributed by atoms with Crippen LogP contribution in [0, 0.1) is 5.92 Å². The second kappa shape index (κ2) is 8.13. The summed E-state index contributed by atoms with van der Waals surface area (Å²) in [5.41, 5.74) is 0.0212. The van der Waals surface area contributed by atoms with E-state index >= 15 is 0 Å². The van der Waals surface area contributed by atoms with E-state index in [0.29, 0.717) is 0 Å². The number of likely N-dealkylation sites (tertiary alicyclic amines) is 1. The van der Waals surface area contributed by atoms with E-state index in [1.165, 1.54) is 45.4 Å². The van der Waals surface area contributed by atoms with Crippen LogP contribution in [0.3, 0.4) is 0 Å². The minimum atomic E-state index is 0.0212. The predicted molar refractivity (Wildman–Crippen MR) is 78.0 cm³/mol. The van der Waals surface area contributed by atoms with Gasteiger partial charge in [0, 0.05) is 20.2 Å². The SMILES string of the molecule is CCCNCC1CCCN(CCC(C)(C)OC)C1. The molecule has 0 bridgehead atoms. The lowest BCUT2D eigenvalue weighted by Gasteiger charge is -2.35. The molecule has 0 radical (unpaired) electrons. The van der Waals surface area contributed by atoms with Gasteiger partial charge in [-0.25, -0.2) is 0 Å². The van der Waals surface area contributed by atoms with Crippen LogP contribution in [0.4, 0.5) is 0 Å². The molecule has 3 nitrogen and oxygen atoms in total. The molecule has 0 spiro atoms. The highest BCUT2D eigenvalue weighted by Gasteiger charge is 2.22. The number of piperidine rings is 1. The van der Waals surface area contributed by atoms with E-state index in [-0.39, 0.29) is 5.60 Å². The first-order chi connectivity index (χ1) is 8.57. The number of hydrogen-bond donors (Lipinski definition) is 1. The largest absolute Gasteiger partial charge is 0.379 e. The molecule has 0 aromatic rings. The van der Waals surface area contributed by atoms with Crippen LogP contribution in [0.1, 0.15) is 46.5 Å². The van der Waals surface area contributed by atoms with Crippen molar-refractivity contribution in [3.8, 4) is 0 Å². The molecular formula is C15H32N2O. The summed E-state index contributed by atoms with van der Waals surface area (Å²) in [6.45, 7) is 12.6. The summed E-state index contributed by atoms with van der Waals surface area (Å²) < 4.78 is 5.50. The fourth-order valence-corrected chi connectivity index (χ4v) is 2.53. The Balaban J connectivity index is 2.22. The van der Waals surface area contributed by atoms with Gasteiger partial charge in [-0.15, -0.1) is 0 Å². The van der Waals surface area contributed by atoms with Gasteiger partial charge in [0.25, 0.3) is 0 Å². The summed E-state index contributed by atoms with van der Waals surface area (Å²) in [6.07, 6.45) is 5.10. The number of nitrogens with one attached hydrogen (secondary N) is 1. The normalized spacial score (nSPS) is 22.3. The molecule has 0 aliphatic carbocycles. The average molecular weight is 256 g/mol. The van der Waals surface area contributed by atoms with Crippen LogP contribution in [0.2, 0.25) is 0 Å². The summed E-state index contributed by atoms with van der Waals surface area (Å²) in [5, 5.41) is 3.56. The van der Waals surface area contributed by atoms with Gasteiger partial charge in [0.15, 0.2) is 0 Å². The predicted octanol–water partition coefficient (Wildman–Crippen LogP) is 2.51. The molecule has 1 unspecified atom stereocenters. The third kappa shape index (κ3) is 6.17. The Kier molecular flexibility index (Phi) is 7.20. The molecule has 1 aliphatic rings. The highest BCUT2D eigenvalue weighted by Crippen LogP contribution is 2.19. The summed E-state index contributed by atoms with van der Waals surface area (Å²) in [4.78, 5) is 2.61. The van der Waals surface area contributed by atoms with Gasteiger partial charge in [-0.1, -0.05) is 6.92 Å². The van der Waals surface area contributed by atoms with Crippen molar-refractivity contribution in [2.24, 2.45) is 5.92 Å². The zero-order chi connectivity index (χ0) is 13.4. The van der Waals surface area contributed by atoms with E-state index in [2.05, 4.69) is 31.0 Å². The zero-order valence-corrected chi connectivity index (χ0v) is 12.8. The molecule has 108 valence electrons. The number of hydrogen-bond acceptors (Lipinski definition) is 3. The Hall–Kier alpha value is -0.120. The number of ether oxygens (including phenoxy) is 1. The Morgan fingerprint density at radius 2 is 2.17 bits per heavy atom. The first-order valence-corrected chi connectivity index (χ1v) is 7.55. The van der Waals surface area contributed by atoms with Crippen molar-refractivity contribution in [3.05, 3.63) is 0 Å². The van der Waals surface area contributed by atoms with Crippen molar-refractivity contribution in [1.82, 2.24) is 10.2 Å².